The maximum Gasteiger partial charge on any atom is 0.118 e. The zero-order valence-electron chi connectivity index (χ0n) is 12.3. The lowest BCUT2D eigenvalue weighted by molar-refractivity contribution is 0.333. The van der Waals surface area contributed by atoms with E-state index >= 15 is 0 Å². The smallest absolute Gasteiger partial charge is 0.118 e. The second-order valence-electron chi connectivity index (χ2n) is 5.51. The quantitative estimate of drug-likeness (QED) is 0.583. The third-order valence-corrected chi connectivity index (χ3v) is 5.19. The average Bonchev–Trinajstić information content (AvgIpc) is 2.46. The van der Waals surface area contributed by atoms with Gasteiger partial charge >= 0.3 is 0 Å². The second kappa shape index (κ2) is 7.16. The summed E-state index contributed by atoms with van der Waals surface area (Å²) < 4.78 is 0. The van der Waals surface area contributed by atoms with Crippen LogP contribution in [0.4, 0.5) is 0 Å². The van der Waals surface area contributed by atoms with Crippen LogP contribution >= 0.6 is 46.4 Å². The van der Waals surface area contributed by atoms with Crippen LogP contribution in [0.15, 0.2) is 24.3 Å². The molecule has 8 heteroatoms. The van der Waals surface area contributed by atoms with Crippen LogP contribution in [0.25, 0.3) is 0 Å². The molecule has 2 atom stereocenters. The number of rotatable bonds is 2. The fourth-order valence-corrected chi connectivity index (χ4v) is 4.39. The Hall–Kier alpha value is -0.880. The van der Waals surface area contributed by atoms with Crippen LogP contribution in [0.3, 0.4) is 0 Å². The summed E-state index contributed by atoms with van der Waals surface area (Å²) in [6, 6.07) is 5.15. The molecule has 0 spiro atoms. The fourth-order valence-electron chi connectivity index (χ4n) is 2.96. The Morgan fingerprint density at radius 3 is 1.25 bits per heavy atom. The molecule has 0 bridgehead atoms. The van der Waals surface area contributed by atoms with E-state index in [9.17, 15) is 10.2 Å². The first-order chi connectivity index (χ1) is 11.4. The molecule has 0 amide bonds. The molecule has 1 saturated heterocycles. The summed E-state index contributed by atoms with van der Waals surface area (Å²) in [5.74, 6) is -0.00969. The monoisotopic (exact) mass is 406 g/mol. The lowest BCUT2D eigenvalue weighted by Gasteiger charge is -2.36. The molecule has 0 saturated carbocycles. The highest BCUT2D eigenvalue weighted by molar-refractivity contribution is 6.37. The maximum atomic E-state index is 9.64. The third kappa shape index (κ3) is 3.40. The van der Waals surface area contributed by atoms with Gasteiger partial charge in [-0.3, -0.25) is 0 Å². The van der Waals surface area contributed by atoms with Crippen LogP contribution in [-0.2, 0) is 0 Å². The highest BCUT2D eigenvalue weighted by Gasteiger charge is 2.33. The normalized spacial score (nSPS) is 21.0. The number of nitrogens with one attached hydrogen (secondary N) is 2. The van der Waals surface area contributed by atoms with Gasteiger partial charge in [-0.05, 0) is 24.3 Å². The number of hydrogen-bond acceptors (Lipinski definition) is 4. The van der Waals surface area contributed by atoms with Gasteiger partial charge in [-0.15, -0.1) is 0 Å². The highest BCUT2D eigenvalue weighted by atomic mass is 35.5. The first kappa shape index (κ1) is 17.9. The largest absolute Gasteiger partial charge is 0.508 e. The van der Waals surface area contributed by atoms with Gasteiger partial charge in [0.05, 0.1) is 32.2 Å². The van der Waals surface area contributed by atoms with E-state index in [1.165, 1.54) is 24.3 Å². The van der Waals surface area contributed by atoms with Crippen molar-refractivity contribution in [3.8, 4) is 11.5 Å². The number of aromatic hydroxyl groups is 2. The summed E-state index contributed by atoms with van der Waals surface area (Å²) in [5.41, 5.74) is 1.29. The van der Waals surface area contributed by atoms with Crippen LogP contribution in [-0.4, -0.2) is 23.3 Å². The molecule has 4 nitrogen and oxygen atoms in total. The highest BCUT2D eigenvalue weighted by Crippen LogP contribution is 2.44. The zero-order chi connectivity index (χ0) is 17.4. The molecular formula is C16H14Cl4N2O2. The summed E-state index contributed by atoms with van der Waals surface area (Å²) in [5, 5.41) is 27.4. The molecule has 4 N–H and O–H groups in total. The summed E-state index contributed by atoms with van der Waals surface area (Å²) in [4.78, 5) is 0. The Bertz CT molecular complexity index is 673. The van der Waals surface area contributed by atoms with Gasteiger partial charge in [-0.2, -0.15) is 0 Å². The number of phenols is 2. The summed E-state index contributed by atoms with van der Waals surface area (Å²) >= 11 is 25.2. The molecule has 1 aliphatic heterocycles. The van der Waals surface area contributed by atoms with Gasteiger partial charge in [0.2, 0.25) is 0 Å². The van der Waals surface area contributed by atoms with Gasteiger partial charge in [0.25, 0.3) is 0 Å². The molecule has 24 heavy (non-hydrogen) atoms. The molecule has 2 unspecified atom stereocenters. The Morgan fingerprint density at radius 1 is 0.667 bits per heavy atom. The molecule has 1 aliphatic rings. The van der Waals surface area contributed by atoms with E-state index < -0.39 is 0 Å². The van der Waals surface area contributed by atoms with Crippen molar-refractivity contribution in [3.63, 3.8) is 0 Å². The number of halogens is 4. The SMILES string of the molecule is Oc1cc(Cl)c(C2NCCNC2c2c(Cl)cc(O)cc2Cl)c(Cl)c1. The van der Waals surface area contributed by atoms with Crippen LogP contribution in [0.5, 0.6) is 11.5 Å². The summed E-state index contributed by atoms with van der Waals surface area (Å²) in [6.45, 7) is 1.39. The van der Waals surface area contributed by atoms with Crippen LogP contribution in [0.2, 0.25) is 20.1 Å². The lowest BCUT2D eigenvalue weighted by atomic mass is 9.91. The van der Waals surface area contributed by atoms with Crippen molar-refractivity contribution >= 4 is 46.4 Å². The van der Waals surface area contributed by atoms with E-state index in [0.717, 1.165) is 0 Å². The predicted molar refractivity (Wildman–Crippen MR) is 97.7 cm³/mol. The minimum atomic E-state index is -0.307. The van der Waals surface area contributed by atoms with Gasteiger partial charge in [-0.25, -0.2) is 0 Å². The van der Waals surface area contributed by atoms with Crippen molar-refractivity contribution in [1.82, 2.24) is 10.6 Å². The summed E-state index contributed by atoms with van der Waals surface area (Å²) in [6.07, 6.45) is 0. The van der Waals surface area contributed by atoms with Gasteiger partial charge in [0.1, 0.15) is 11.5 Å². The molecule has 2 aromatic rings. The Balaban J connectivity index is 2.11. The molecule has 1 fully saturated rings. The Morgan fingerprint density at radius 2 is 0.958 bits per heavy atom. The minimum Gasteiger partial charge on any atom is -0.508 e. The van der Waals surface area contributed by atoms with Crippen molar-refractivity contribution in [2.45, 2.75) is 12.1 Å². The number of hydrogen-bond donors (Lipinski definition) is 4. The van der Waals surface area contributed by atoms with Gasteiger partial charge in [0, 0.05) is 24.2 Å². The van der Waals surface area contributed by atoms with E-state index in [2.05, 4.69) is 10.6 Å². The molecule has 0 radical (unpaired) electrons. The predicted octanol–water partition coefficient (Wildman–Crippen LogP) is 4.69. The molecule has 128 valence electrons. The fraction of sp³-hybridized carbons (Fsp3) is 0.250. The number of piperazine rings is 1. The van der Waals surface area contributed by atoms with E-state index in [4.69, 9.17) is 46.4 Å². The van der Waals surface area contributed by atoms with E-state index in [-0.39, 0.29) is 23.6 Å². The molecule has 0 aromatic heterocycles. The van der Waals surface area contributed by atoms with Crippen molar-refractivity contribution in [3.05, 3.63) is 55.5 Å². The van der Waals surface area contributed by atoms with Crippen LogP contribution in [0, 0.1) is 0 Å². The van der Waals surface area contributed by atoms with Gasteiger partial charge < -0.3 is 20.8 Å². The molecule has 1 heterocycles. The zero-order valence-corrected chi connectivity index (χ0v) is 15.3. The van der Waals surface area contributed by atoms with E-state index in [1.54, 1.807) is 0 Å². The summed E-state index contributed by atoms with van der Waals surface area (Å²) in [7, 11) is 0. The lowest BCUT2D eigenvalue weighted by Crippen LogP contribution is -2.45. The number of benzene rings is 2. The molecular weight excluding hydrogens is 394 g/mol. The molecule has 0 aliphatic carbocycles. The van der Waals surface area contributed by atoms with Crippen molar-refractivity contribution in [1.29, 1.82) is 0 Å². The van der Waals surface area contributed by atoms with E-state index in [1.807, 2.05) is 0 Å². The Labute approximate surface area is 159 Å². The molecule has 3 rings (SSSR count). The average molecular weight is 408 g/mol. The maximum absolute atomic E-state index is 9.64. The molecule has 2 aromatic carbocycles. The first-order valence-corrected chi connectivity index (χ1v) is 8.72. The van der Waals surface area contributed by atoms with Gasteiger partial charge in [0.15, 0.2) is 0 Å². The van der Waals surface area contributed by atoms with Crippen molar-refractivity contribution in [2.24, 2.45) is 0 Å². The topological polar surface area (TPSA) is 64.5 Å². The van der Waals surface area contributed by atoms with Crippen LogP contribution < -0.4 is 10.6 Å². The number of phenolic OH excluding ortho intramolecular Hbond substituents is 2. The third-order valence-electron chi connectivity index (χ3n) is 3.94. The standard InChI is InChI=1S/C16H14Cl4N2O2/c17-9-3-7(23)4-10(18)13(9)15-16(22-2-1-21-15)14-11(19)5-8(24)6-12(14)20/h3-6,15-16,21-24H,1-2H2. The van der Waals surface area contributed by atoms with E-state index in [0.29, 0.717) is 44.3 Å². The first-order valence-electron chi connectivity index (χ1n) is 7.21. The van der Waals surface area contributed by atoms with Crippen molar-refractivity contribution in [2.75, 3.05) is 13.1 Å². The van der Waals surface area contributed by atoms with Crippen molar-refractivity contribution < 1.29 is 10.2 Å². The van der Waals surface area contributed by atoms with Gasteiger partial charge in [-0.1, -0.05) is 46.4 Å². The van der Waals surface area contributed by atoms with Crippen LogP contribution in [0.1, 0.15) is 23.2 Å². The second-order valence-corrected chi connectivity index (χ2v) is 7.14. The minimum absolute atomic E-state index is 0.00485. The Kier molecular flexibility index (Phi) is 5.35.